The Hall–Kier alpha value is -1.07. The molecule has 1 saturated heterocycles. The molecule has 1 aliphatic heterocycles. The van der Waals surface area contributed by atoms with Crippen LogP contribution >= 0.6 is 15.9 Å². The standard InChI is InChI=1S/C14H17BrO4/c15-12-2-1-3-13(10-12)18-8-9-19-14(16)11-4-6-17-7-5-11/h1-3,10-11H,4-9H2. The van der Waals surface area contributed by atoms with Crippen LogP contribution in [0.5, 0.6) is 5.75 Å². The van der Waals surface area contributed by atoms with Crippen molar-refractivity contribution >= 4 is 21.9 Å². The molecular weight excluding hydrogens is 312 g/mol. The smallest absolute Gasteiger partial charge is 0.309 e. The van der Waals surface area contributed by atoms with Crippen molar-refractivity contribution in [2.45, 2.75) is 12.8 Å². The molecule has 0 saturated carbocycles. The van der Waals surface area contributed by atoms with Gasteiger partial charge in [-0.1, -0.05) is 22.0 Å². The molecule has 2 rings (SSSR count). The van der Waals surface area contributed by atoms with Crippen LogP contribution in [0.25, 0.3) is 0 Å². The number of hydrogen-bond acceptors (Lipinski definition) is 4. The van der Waals surface area contributed by atoms with E-state index in [-0.39, 0.29) is 18.5 Å². The van der Waals surface area contributed by atoms with Gasteiger partial charge in [-0.05, 0) is 31.0 Å². The maximum absolute atomic E-state index is 11.7. The van der Waals surface area contributed by atoms with E-state index >= 15 is 0 Å². The second-order valence-electron chi connectivity index (χ2n) is 4.36. The van der Waals surface area contributed by atoms with Gasteiger partial charge in [0.15, 0.2) is 0 Å². The Morgan fingerprint density at radius 3 is 2.84 bits per heavy atom. The van der Waals surface area contributed by atoms with Gasteiger partial charge in [-0.15, -0.1) is 0 Å². The highest BCUT2D eigenvalue weighted by Crippen LogP contribution is 2.18. The van der Waals surface area contributed by atoms with Gasteiger partial charge < -0.3 is 14.2 Å². The fourth-order valence-corrected chi connectivity index (χ4v) is 2.29. The van der Waals surface area contributed by atoms with Gasteiger partial charge in [0.2, 0.25) is 0 Å². The van der Waals surface area contributed by atoms with E-state index in [0.29, 0.717) is 19.8 Å². The molecule has 0 N–H and O–H groups in total. The van der Waals surface area contributed by atoms with Crippen molar-refractivity contribution in [1.29, 1.82) is 0 Å². The van der Waals surface area contributed by atoms with Crippen molar-refractivity contribution in [3.63, 3.8) is 0 Å². The zero-order valence-corrected chi connectivity index (χ0v) is 12.2. The Morgan fingerprint density at radius 2 is 2.11 bits per heavy atom. The third-order valence-electron chi connectivity index (χ3n) is 2.95. The Labute approximate surface area is 121 Å². The second kappa shape index (κ2) is 7.50. The normalized spacial score (nSPS) is 16.1. The summed E-state index contributed by atoms with van der Waals surface area (Å²) in [5.41, 5.74) is 0. The zero-order chi connectivity index (χ0) is 13.5. The molecular formula is C14H17BrO4. The van der Waals surface area contributed by atoms with Crippen LogP contribution < -0.4 is 4.74 Å². The fraction of sp³-hybridized carbons (Fsp3) is 0.500. The summed E-state index contributed by atoms with van der Waals surface area (Å²) in [6.07, 6.45) is 1.51. The Bertz CT molecular complexity index is 416. The Kier molecular flexibility index (Phi) is 5.66. The lowest BCUT2D eigenvalue weighted by atomic mass is 10.0. The average Bonchev–Trinajstić information content (AvgIpc) is 2.44. The van der Waals surface area contributed by atoms with E-state index in [1.54, 1.807) is 0 Å². The molecule has 0 atom stereocenters. The minimum atomic E-state index is -0.138. The van der Waals surface area contributed by atoms with Crippen molar-refractivity contribution in [2.75, 3.05) is 26.4 Å². The van der Waals surface area contributed by atoms with Crippen LogP contribution in [-0.4, -0.2) is 32.4 Å². The quantitative estimate of drug-likeness (QED) is 0.616. The minimum absolute atomic E-state index is 0.0142. The molecule has 0 amide bonds. The van der Waals surface area contributed by atoms with Gasteiger partial charge in [0.1, 0.15) is 19.0 Å². The van der Waals surface area contributed by atoms with E-state index in [0.717, 1.165) is 23.1 Å². The van der Waals surface area contributed by atoms with Crippen molar-refractivity contribution < 1.29 is 19.0 Å². The molecule has 1 heterocycles. The van der Waals surface area contributed by atoms with Crippen molar-refractivity contribution in [3.05, 3.63) is 28.7 Å². The molecule has 1 aromatic rings. The summed E-state index contributed by atoms with van der Waals surface area (Å²) >= 11 is 3.37. The van der Waals surface area contributed by atoms with Gasteiger partial charge >= 0.3 is 5.97 Å². The van der Waals surface area contributed by atoms with E-state index in [1.807, 2.05) is 24.3 Å². The summed E-state index contributed by atoms with van der Waals surface area (Å²) in [7, 11) is 0. The third-order valence-corrected chi connectivity index (χ3v) is 3.44. The van der Waals surface area contributed by atoms with E-state index in [9.17, 15) is 4.79 Å². The lowest BCUT2D eigenvalue weighted by molar-refractivity contribution is -0.152. The van der Waals surface area contributed by atoms with E-state index in [4.69, 9.17) is 14.2 Å². The van der Waals surface area contributed by atoms with Crippen molar-refractivity contribution in [2.24, 2.45) is 5.92 Å². The lowest BCUT2D eigenvalue weighted by Crippen LogP contribution is -2.26. The SMILES string of the molecule is O=C(OCCOc1cccc(Br)c1)C1CCOCC1. The van der Waals surface area contributed by atoms with Gasteiger partial charge in [-0.2, -0.15) is 0 Å². The first-order valence-corrected chi connectivity index (χ1v) is 7.18. The molecule has 0 bridgehead atoms. The molecule has 0 aromatic heterocycles. The minimum Gasteiger partial charge on any atom is -0.490 e. The van der Waals surface area contributed by atoms with Crippen molar-refractivity contribution in [1.82, 2.24) is 0 Å². The summed E-state index contributed by atoms with van der Waals surface area (Å²) in [5.74, 6) is 0.609. The van der Waals surface area contributed by atoms with Gasteiger partial charge in [0, 0.05) is 17.7 Å². The number of esters is 1. The fourth-order valence-electron chi connectivity index (χ4n) is 1.91. The van der Waals surface area contributed by atoms with E-state index in [1.165, 1.54) is 0 Å². The predicted molar refractivity (Wildman–Crippen MR) is 74.1 cm³/mol. The maximum atomic E-state index is 11.7. The van der Waals surface area contributed by atoms with Crippen LogP contribution in [0.3, 0.4) is 0 Å². The number of rotatable bonds is 5. The number of carbonyl (C=O) groups excluding carboxylic acids is 1. The molecule has 1 aliphatic rings. The Balaban J connectivity index is 1.65. The Morgan fingerprint density at radius 1 is 1.32 bits per heavy atom. The first-order chi connectivity index (χ1) is 9.25. The van der Waals surface area contributed by atoms with Crippen LogP contribution in [0.1, 0.15) is 12.8 Å². The van der Waals surface area contributed by atoms with E-state index < -0.39 is 0 Å². The van der Waals surface area contributed by atoms with Crippen LogP contribution in [0.15, 0.2) is 28.7 Å². The molecule has 5 heteroatoms. The topological polar surface area (TPSA) is 44.8 Å². The average molecular weight is 329 g/mol. The summed E-state index contributed by atoms with van der Waals surface area (Å²) < 4.78 is 16.9. The highest BCUT2D eigenvalue weighted by molar-refractivity contribution is 9.10. The second-order valence-corrected chi connectivity index (χ2v) is 5.28. The number of benzene rings is 1. The molecule has 0 aliphatic carbocycles. The van der Waals surface area contributed by atoms with Crippen LogP contribution in [0.2, 0.25) is 0 Å². The summed E-state index contributed by atoms with van der Waals surface area (Å²) in [6, 6.07) is 7.57. The molecule has 1 fully saturated rings. The van der Waals surface area contributed by atoms with E-state index in [2.05, 4.69) is 15.9 Å². The monoisotopic (exact) mass is 328 g/mol. The molecule has 1 aromatic carbocycles. The summed E-state index contributed by atoms with van der Waals surface area (Å²) in [5, 5.41) is 0. The molecule has 19 heavy (non-hydrogen) atoms. The van der Waals surface area contributed by atoms with Crippen LogP contribution in [0, 0.1) is 5.92 Å². The summed E-state index contributed by atoms with van der Waals surface area (Å²) in [4.78, 5) is 11.7. The first-order valence-electron chi connectivity index (χ1n) is 6.38. The highest BCUT2D eigenvalue weighted by Gasteiger charge is 2.22. The summed E-state index contributed by atoms with van der Waals surface area (Å²) in [6.45, 7) is 1.94. The maximum Gasteiger partial charge on any atom is 0.309 e. The van der Waals surface area contributed by atoms with Crippen LogP contribution in [0.4, 0.5) is 0 Å². The van der Waals surface area contributed by atoms with Crippen molar-refractivity contribution in [3.8, 4) is 5.75 Å². The number of carbonyl (C=O) groups is 1. The molecule has 4 nitrogen and oxygen atoms in total. The molecule has 104 valence electrons. The number of hydrogen-bond donors (Lipinski definition) is 0. The number of halogens is 1. The molecule has 0 unspecified atom stereocenters. The van der Waals surface area contributed by atoms with Gasteiger partial charge in [0.05, 0.1) is 5.92 Å². The van der Waals surface area contributed by atoms with Gasteiger partial charge in [-0.25, -0.2) is 0 Å². The molecule has 0 spiro atoms. The third kappa shape index (κ3) is 4.84. The molecule has 0 radical (unpaired) electrons. The zero-order valence-electron chi connectivity index (χ0n) is 10.6. The first kappa shape index (κ1) is 14.3. The lowest BCUT2D eigenvalue weighted by Gasteiger charge is -2.20. The van der Waals surface area contributed by atoms with Crippen LogP contribution in [-0.2, 0) is 14.3 Å². The highest BCUT2D eigenvalue weighted by atomic mass is 79.9. The largest absolute Gasteiger partial charge is 0.490 e. The number of ether oxygens (including phenoxy) is 3. The predicted octanol–water partition coefficient (Wildman–Crippen LogP) is 2.80. The van der Waals surface area contributed by atoms with Gasteiger partial charge in [0.25, 0.3) is 0 Å². The van der Waals surface area contributed by atoms with Gasteiger partial charge in [-0.3, -0.25) is 4.79 Å².